The number of thioether (sulfide) groups is 1. The van der Waals surface area contributed by atoms with Crippen LogP contribution in [0.1, 0.15) is 25.0 Å². The molecule has 4 nitrogen and oxygen atoms in total. The Kier molecular flexibility index (Phi) is 6.60. The molecule has 3 rings (SSSR count). The maximum absolute atomic E-state index is 12.5. The van der Waals surface area contributed by atoms with Gasteiger partial charge in [0.15, 0.2) is 0 Å². The van der Waals surface area contributed by atoms with E-state index >= 15 is 0 Å². The first kappa shape index (κ1) is 19.1. The average molecular weight is 378 g/mol. The minimum atomic E-state index is -0.0181. The quantitative estimate of drug-likeness (QED) is 0.465. The van der Waals surface area contributed by atoms with Gasteiger partial charge in [-0.05, 0) is 30.0 Å². The molecule has 1 aromatic heterocycles. The average Bonchev–Trinajstić information content (AvgIpc) is 2.73. The summed E-state index contributed by atoms with van der Waals surface area (Å²) in [5, 5.41) is 3.88. The van der Waals surface area contributed by atoms with Crippen LogP contribution in [0.25, 0.3) is 11.3 Å². The lowest BCUT2D eigenvalue weighted by molar-refractivity contribution is -0.113. The summed E-state index contributed by atoms with van der Waals surface area (Å²) >= 11 is 1.42. The van der Waals surface area contributed by atoms with Gasteiger partial charge in [0.05, 0.1) is 11.4 Å². The summed E-state index contributed by atoms with van der Waals surface area (Å²) in [7, 11) is 0. The third kappa shape index (κ3) is 4.95. The second-order valence-electron chi connectivity index (χ2n) is 6.10. The molecule has 1 N–H and O–H groups in total. The molecule has 0 spiro atoms. The standard InChI is InChI=1S/C22H23N3OS/c1-3-16-11-8-12-17(4-2)22(16)25-20(26)14-27-21-13-19(23-15-24-21)18-9-6-5-7-10-18/h5-13,15H,3-4,14H2,1-2H3,(H,25,26). The van der Waals surface area contributed by atoms with Crippen LogP contribution in [0.15, 0.2) is 66.0 Å². The highest BCUT2D eigenvalue weighted by molar-refractivity contribution is 7.99. The van der Waals surface area contributed by atoms with Crippen molar-refractivity contribution in [3.05, 3.63) is 72.1 Å². The first-order chi connectivity index (χ1) is 13.2. The van der Waals surface area contributed by atoms with Gasteiger partial charge in [-0.3, -0.25) is 4.79 Å². The maximum Gasteiger partial charge on any atom is 0.234 e. The highest BCUT2D eigenvalue weighted by Crippen LogP contribution is 2.24. The van der Waals surface area contributed by atoms with E-state index in [0.717, 1.165) is 34.8 Å². The molecule has 0 unspecified atom stereocenters. The molecular formula is C22H23N3OS. The fourth-order valence-electron chi connectivity index (χ4n) is 2.90. The summed E-state index contributed by atoms with van der Waals surface area (Å²) in [6.07, 6.45) is 3.33. The van der Waals surface area contributed by atoms with Crippen molar-refractivity contribution < 1.29 is 4.79 Å². The minimum absolute atomic E-state index is 0.0181. The van der Waals surface area contributed by atoms with Gasteiger partial charge in [0.2, 0.25) is 5.91 Å². The van der Waals surface area contributed by atoms with E-state index in [9.17, 15) is 4.79 Å². The predicted octanol–water partition coefficient (Wildman–Crippen LogP) is 5.00. The summed E-state index contributed by atoms with van der Waals surface area (Å²) in [6, 6.07) is 18.1. The van der Waals surface area contributed by atoms with Crippen LogP contribution < -0.4 is 5.32 Å². The van der Waals surface area contributed by atoms with Gasteiger partial charge in [0, 0.05) is 11.3 Å². The molecule has 0 aliphatic heterocycles. The molecule has 0 radical (unpaired) electrons. The first-order valence-electron chi connectivity index (χ1n) is 9.12. The van der Waals surface area contributed by atoms with Crippen LogP contribution in [-0.4, -0.2) is 21.6 Å². The highest BCUT2D eigenvalue weighted by atomic mass is 32.2. The number of hydrogen-bond acceptors (Lipinski definition) is 4. The van der Waals surface area contributed by atoms with Crippen LogP contribution in [0.5, 0.6) is 0 Å². The Morgan fingerprint density at radius 1 is 0.963 bits per heavy atom. The molecule has 0 bridgehead atoms. The van der Waals surface area contributed by atoms with E-state index in [2.05, 4.69) is 41.3 Å². The minimum Gasteiger partial charge on any atom is -0.325 e. The van der Waals surface area contributed by atoms with E-state index in [4.69, 9.17) is 0 Å². The molecular weight excluding hydrogens is 354 g/mol. The van der Waals surface area contributed by atoms with Crippen molar-refractivity contribution in [2.75, 3.05) is 11.1 Å². The number of hydrogen-bond donors (Lipinski definition) is 1. The number of amides is 1. The Morgan fingerprint density at radius 3 is 2.33 bits per heavy atom. The Hall–Kier alpha value is -2.66. The van der Waals surface area contributed by atoms with Crippen molar-refractivity contribution >= 4 is 23.4 Å². The van der Waals surface area contributed by atoms with Gasteiger partial charge in [0.1, 0.15) is 11.4 Å². The number of nitrogens with zero attached hydrogens (tertiary/aromatic N) is 2. The molecule has 0 aliphatic rings. The van der Waals surface area contributed by atoms with Crippen LogP contribution in [-0.2, 0) is 17.6 Å². The summed E-state index contributed by atoms with van der Waals surface area (Å²) in [5.41, 5.74) is 5.19. The number of carbonyl (C=O) groups is 1. The van der Waals surface area contributed by atoms with E-state index in [1.807, 2.05) is 42.5 Å². The monoisotopic (exact) mass is 377 g/mol. The molecule has 0 fully saturated rings. The third-order valence-corrected chi connectivity index (χ3v) is 5.25. The van der Waals surface area contributed by atoms with E-state index in [0.29, 0.717) is 5.75 Å². The van der Waals surface area contributed by atoms with Gasteiger partial charge in [-0.1, -0.05) is 74.1 Å². The number of aromatic nitrogens is 2. The Balaban J connectivity index is 1.67. The van der Waals surface area contributed by atoms with E-state index in [1.54, 1.807) is 6.33 Å². The summed E-state index contributed by atoms with van der Waals surface area (Å²) in [4.78, 5) is 21.1. The van der Waals surface area contributed by atoms with Crippen molar-refractivity contribution in [2.45, 2.75) is 31.7 Å². The van der Waals surface area contributed by atoms with Gasteiger partial charge >= 0.3 is 0 Å². The van der Waals surface area contributed by atoms with Crippen LogP contribution >= 0.6 is 11.8 Å². The second kappa shape index (κ2) is 9.33. The number of benzene rings is 2. The maximum atomic E-state index is 12.5. The molecule has 0 atom stereocenters. The number of aryl methyl sites for hydroxylation is 2. The van der Waals surface area contributed by atoms with Gasteiger partial charge in [-0.25, -0.2) is 9.97 Å². The van der Waals surface area contributed by atoms with Gasteiger partial charge in [-0.2, -0.15) is 0 Å². The molecule has 0 saturated carbocycles. The van der Waals surface area contributed by atoms with E-state index in [1.165, 1.54) is 22.9 Å². The lowest BCUT2D eigenvalue weighted by Crippen LogP contribution is -2.16. The molecule has 138 valence electrons. The number of carbonyl (C=O) groups excluding carboxylic acids is 1. The molecule has 3 aromatic rings. The summed E-state index contributed by atoms with van der Waals surface area (Å²) in [6.45, 7) is 4.20. The van der Waals surface area contributed by atoms with Gasteiger partial charge in [0.25, 0.3) is 0 Å². The fourth-order valence-corrected chi connectivity index (χ4v) is 3.57. The summed E-state index contributed by atoms with van der Waals surface area (Å²) < 4.78 is 0. The van der Waals surface area contributed by atoms with E-state index < -0.39 is 0 Å². The second-order valence-corrected chi connectivity index (χ2v) is 7.10. The van der Waals surface area contributed by atoms with E-state index in [-0.39, 0.29) is 5.91 Å². The normalized spacial score (nSPS) is 10.6. The van der Waals surface area contributed by atoms with Crippen LogP contribution in [0.3, 0.4) is 0 Å². The topological polar surface area (TPSA) is 54.9 Å². The number of anilines is 1. The smallest absolute Gasteiger partial charge is 0.234 e. The fraction of sp³-hybridized carbons (Fsp3) is 0.227. The van der Waals surface area contributed by atoms with Crippen LogP contribution in [0.2, 0.25) is 0 Å². The SMILES string of the molecule is CCc1cccc(CC)c1NC(=O)CSc1cc(-c2ccccc2)ncn1. The number of nitrogens with one attached hydrogen (secondary N) is 1. The molecule has 0 aliphatic carbocycles. The molecule has 0 saturated heterocycles. The lowest BCUT2D eigenvalue weighted by Gasteiger charge is -2.14. The van der Waals surface area contributed by atoms with Crippen molar-refractivity contribution in [1.82, 2.24) is 9.97 Å². The molecule has 27 heavy (non-hydrogen) atoms. The summed E-state index contributed by atoms with van der Waals surface area (Å²) in [5.74, 6) is 0.294. The van der Waals surface area contributed by atoms with Crippen molar-refractivity contribution in [3.63, 3.8) is 0 Å². The number of rotatable bonds is 7. The zero-order valence-electron chi connectivity index (χ0n) is 15.6. The zero-order chi connectivity index (χ0) is 19.1. The zero-order valence-corrected chi connectivity index (χ0v) is 16.4. The van der Waals surface area contributed by atoms with Crippen LogP contribution in [0, 0.1) is 0 Å². The molecule has 5 heteroatoms. The lowest BCUT2D eigenvalue weighted by atomic mass is 10.0. The largest absolute Gasteiger partial charge is 0.325 e. The van der Waals surface area contributed by atoms with Crippen molar-refractivity contribution in [1.29, 1.82) is 0 Å². The number of para-hydroxylation sites is 1. The molecule has 2 aromatic carbocycles. The highest BCUT2D eigenvalue weighted by Gasteiger charge is 2.11. The van der Waals surface area contributed by atoms with Crippen LogP contribution in [0.4, 0.5) is 5.69 Å². The molecule has 1 heterocycles. The van der Waals surface area contributed by atoms with Crippen molar-refractivity contribution in [2.24, 2.45) is 0 Å². The van der Waals surface area contributed by atoms with Gasteiger partial charge in [-0.15, -0.1) is 0 Å². The van der Waals surface area contributed by atoms with Gasteiger partial charge < -0.3 is 5.32 Å². The van der Waals surface area contributed by atoms with Crippen molar-refractivity contribution in [3.8, 4) is 11.3 Å². The first-order valence-corrected chi connectivity index (χ1v) is 10.1. The Bertz CT molecular complexity index is 890. The molecule has 1 amide bonds. The Labute approximate surface area is 164 Å². The predicted molar refractivity (Wildman–Crippen MR) is 112 cm³/mol. The third-order valence-electron chi connectivity index (χ3n) is 4.33. The Morgan fingerprint density at radius 2 is 1.67 bits per heavy atom.